The Kier molecular flexibility index (Phi) is 5.15. The number of thiazole rings is 1. The van der Waals surface area contributed by atoms with E-state index in [9.17, 15) is 4.79 Å². The third-order valence-electron chi connectivity index (χ3n) is 2.31. The number of carbonyl (C=O) groups excluding carboxylic acids is 1. The first kappa shape index (κ1) is 15.4. The lowest BCUT2D eigenvalue weighted by Gasteiger charge is -2.05. The van der Waals surface area contributed by atoms with Crippen LogP contribution in [0.15, 0.2) is 22.4 Å². The third kappa shape index (κ3) is 4.02. The number of hydrogen-bond donors (Lipinski definition) is 2. The van der Waals surface area contributed by atoms with Crippen molar-refractivity contribution in [1.82, 2.24) is 4.98 Å². The molecule has 0 saturated carbocycles. The van der Waals surface area contributed by atoms with Gasteiger partial charge in [-0.3, -0.25) is 4.79 Å². The first-order chi connectivity index (χ1) is 9.45. The van der Waals surface area contributed by atoms with E-state index in [0.29, 0.717) is 20.9 Å². The number of aryl methyl sites for hydroxylation is 1. The van der Waals surface area contributed by atoms with Gasteiger partial charge in [0.1, 0.15) is 0 Å². The van der Waals surface area contributed by atoms with E-state index in [-0.39, 0.29) is 11.7 Å². The SMILES string of the molecule is Cc1nc(N)sc1SCC(=O)Nc1ccc(Cl)c(Cl)c1. The fourth-order valence-electron chi connectivity index (χ4n) is 1.44. The average Bonchev–Trinajstić information content (AvgIpc) is 2.70. The molecule has 2 rings (SSSR count). The zero-order valence-electron chi connectivity index (χ0n) is 10.4. The number of amides is 1. The van der Waals surface area contributed by atoms with Crippen LogP contribution in [-0.2, 0) is 4.79 Å². The third-order valence-corrected chi connectivity index (χ3v) is 5.40. The maximum absolute atomic E-state index is 11.8. The van der Waals surface area contributed by atoms with Gasteiger partial charge in [-0.05, 0) is 25.1 Å². The van der Waals surface area contributed by atoms with Gasteiger partial charge in [0, 0.05) is 5.69 Å². The molecule has 1 aromatic heterocycles. The zero-order valence-corrected chi connectivity index (χ0v) is 13.6. The highest BCUT2D eigenvalue weighted by atomic mass is 35.5. The van der Waals surface area contributed by atoms with Crippen LogP contribution in [0.25, 0.3) is 0 Å². The minimum atomic E-state index is -0.125. The van der Waals surface area contributed by atoms with E-state index in [1.807, 2.05) is 6.92 Å². The number of carbonyl (C=O) groups is 1. The molecule has 0 fully saturated rings. The maximum atomic E-state index is 11.8. The highest BCUT2D eigenvalue weighted by molar-refractivity contribution is 8.01. The smallest absolute Gasteiger partial charge is 0.234 e. The van der Waals surface area contributed by atoms with Crippen molar-refractivity contribution in [1.29, 1.82) is 0 Å². The number of halogens is 2. The van der Waals surface area contributed by atoms with Gasteiger partial charge in [0.05, 0.1) is 25.7 Å². The van der Waals surface area contributed by atoms with Gasteiger partial charge in [-0.15, -0.1) is 11.8 Å². The van der Waals surface area contributed by atoms with E-state index in [1.165, 1.54) is 23.1 Å². The van der Waals surface area contributed by atoms with Gasteiger partial charge < -0.3 is 11.1 Å². The lowest BCUT2D eigenvalue weighted by atomic mass is 10.3. The topological polar surface area (TPSA) is 68.0 Å². The van der Waals surface area contributed by atoms with E-state index >= 15 is 0 Å². The molecule has 106 valence electrons. The highest BCUT2D eigenvalue weighted by Crippen LogP contribution is 2.30. The fourth-order valence-corrected chi connectivity index (χ4v) is 3.56. The summed E-state index contributed by atoms with van der Waals surface area (Å²) in [5.74, 6) is 0.155. The van der Waals surface area contributed by atoms with Crippen molar-refractivity contribution in [3.63, 3.8) is 0 Å². The lowest BCUT2D eigenvalue weighted by molar-refractivity contribution is -0.113. The number of rotatable bonds is 4. The summed E-state index contributed by atoms with van der Waals surface area (Å²) in [6.45, 7) is 1.87. The quantitative estimate of drug-likeness (QED) is 0.818. The Balaban J connectivity index is 1.92. The van der Waals surface area contributed by atoms with Gasteiger partial charge in [-0.1, -0.05) is 34.5 Å². The minimum absolute atomic E-state index is 0.125. The Hall–Kier alpha value is -0.950. The molecule has 0 saturated heterocycles. The van der Waals surface area contributed by atoms with Crippen LogP contribution in [-0.4, -0.2) is 16.6 Å². The predicted molar refractivity (Wildman–Crippen MR) is 87.1 cm³/mol. The Labute approximate surface area is 134 Å². The van der Waals surface area contributed by atoms with Crippen molar-refractivity contribution >= 4 is 63.0 Å². The number of aromatic nitrogens is 1. The maximum Gasteiger partial charge on any atom is 0.234 e. The molecule has 4 nitrogen and oxygen atoms in total. The summed E-state index contributed by atoms with van der Waals surface area (Å²) in [5.41, 5.74) is 7.07. The molecule has 20 heavy (non-hydrogen) atoms. The molecule has 8 heteroatoms. The summed E-state index contributed by atoms with van der Waals surface area (Å²) < 4.78 is 0.951. The van der Waals surface area contributed by atoms with Gasteiger partial charge in [-0.25, -0.2) is 4.98 Å². The van der Waals surface area contributed by atoms with Crippen LogP contribution in [0.5, 0.6) is 0 Å². The highest BCUT2D eigenvalue weighted by Gasteiger charge is 2.10. The summed E-state index contributed by atoms with van der Waals surface area (Å²) in [6, 6.07) is 4.95. The van der Waals surface area contributed by atoms with E-state index in [4.69, 9.17) is 28.9 Å². The largest absolute Gasteiger partial charge is 0.375 e. The second-order valence-electron chi connectivity index (χ2n) is 3.89. The molecule has 0 atom stereocenters. The van der Waals surface area contributed by atoms with Gasteiger partial charge in [0.2, 0.25) is 5.91 Å². The van der Waals surface area contributed by atoms with Crippen molar-refractivity contribution in [3.05, 3.63) is 33.9 Å². The lowest BCUT2D eigenvalue weighted by Crippen LogP contribution is -2.13. The zero-order chi connectivity index (χ0) is 14.7. The normalized spacial score (nSPS) is 10.6. The van der Waals surface area contributed by atoms with Gasteiger partial charge in [-0.2, -0.15) is 0 Å². The number of anilines is 2. The molecule has 0 spiro atoms. The number of nitrogens with zero attached hydrogens (tertiary/aromatic N) is 1. The molecule has 3 N–H and O–H groups in total. The number of nitrogens with one attached hydrogen (secondary N) is 1. The van der Waals surface area contributed by atoms with Gasteiger partial charge >= 0.3 is 0 Å². The van der Waals surface area contributed by atoms with E-state index in [2.05, 4.69) is 10.3 Å². The summed E-state index contributed by atoms with van der Waals surface area (Å²) in [4.78, 5) is 16.0. The van der Waals surface area contributed by atoms with Crippen LogP contribution in [0.2, 0.25) is 10.0 Å². The van der Waals surface area contributed by atoms with Crippen molar-refractivity contribution in [2.75, 3.05) is 16.8 Å². The summed E-state index contributed by atoms with van der Waals surface area (Å²) in [7, 11) is 0. The average molecular weight is 348 g/mol. The van der Waals surface area contributed by atoms with E-state index < -0.39 is 0 Å². The number of benzene rings is 1. The van der Waals surface area contributed by atoms with Crippen LogP contribution < -0.4 is 11.1 Å². The Morgan fingerprint density at radius 1 is 1.45 bits per heavy atom. The number of hydrogen-bond acceptors (Lipinski definition) is 5. The second-order valence-corrected chi connectivity index (χ2v) is 6.98. The molecule has 1 aromatic carbocycles. The predicted octanol–water partition coefficient (Wildman–Crippen LogP) is 4.07. The van der Waals surface area contributed by atoms with Gasteiger partial charge in [0.15, 0.2) is 5.13 Å². The molecule has 0 aliphatic carbocycles. The molecule has 0 bridgehead atoms. The molecule has 2 aromatic rings. The van der Waals surface area contributed by atoms with E-state index in [0.717, 1.165) is 9.90 Å². The fraction of sp³-hybridized carbons (Fsp3) is 0.167. The monoisotopic (exact) mass is 347 g/mol. The Morgan fingerprint density at radius 2 is 2.20 bits per heavy atom. The molecule has 0 unspecified atom stereocenters. The number of nitrogens with two attached hydrogens (primary N) is 1. The van der Waals surface area contributed by atoms with Crippen LogP contribution in [0.3, 0.4) is 0 Å². The van der Waals surface area contributed by atoms with Crippen LogP contribution in [0.4, 0.5) is 10.8 Å². The Morgan fingerprint density at radius 3 is 2.80 bits per heavy atom. The molecule has 0 aliphatic rings. The van der Waals surface area contributed by atoms with Crippen molar-refractivity contribution < 1.29 is 4.79 Å². The van der Waals surface area contributed by atoms with Crippen LogP contribution in [0, 0.1) is 6.92 Å². The minimum Gasteiger partial charge on any atom is -0.375 e. The molecule has 0 radical (unpaired) electrons. The molecular formula is C12H11Cl2N3OS2. The van der Waals surface area contributed by atoms with Crippen molar-refractivity contribution in [3.8, 4) is 0 Å². The van der Waals surface area contributed by atoms with Crippen molar-refractivity contribution in [2.45, 2.75) is 11.1 Å². The summed E-state index contributed by atoms with van der Waals surface area (Å²) >= 11 is 14.5. The molecular weight excluding hydrogens is 337 g/mol. The van der Waals surface area contributed by atoms with Gasteiger partial charge in [0.25, 0.3) is 0 Å². The molecule has 1 amide bonds. The first-order valence-electron chi connectivity index (χ1n) is 5.56. The Bertz CT molecular complexity index is 646. The van der Waals surface area contributed by atoms with Crippen molar-refractivity contribution in [2.24, 2.45) is 0 Å². The van der Waals surface area contributed by atoms with E-state index in [1.54, 1.807) is 18.2 Å². The summed E-state index contributed by atoms with van der Waals surface area (Å²) in [5, 5.41) is 4.13. The molecule has 1 heterocycles. The summed E-state index contributed by atoms with van der Waals surface area (Å²) in [6.07, 6.45) is 0. The number of thioether (sulfide) groups is 1. The van der Waals surface area contributed by atoms with Crippen LogP contribution in [0.1, 0.15) is 5.69 Å². The first-order valence-corrected chi connectivity index (χ1v) is 8.12. The second kappa shape index (κ2) is 6.67. The molecule has 0 aliphatic heterocycles. The number of nitrogen functional groups attached to an aromatic ring is 1. The standard InChI is InChI=1S/C12H11Cl2N3OS2/c1-6-11(20-12(15)16-6)19-5-10(18)17-7-2-3-8(13)9(14)4-7/h2-4H,5H2,1H3,(H2,15,16)(H,17,18). The van der Waals surface area contributed by atoms with Crippen LogP contribution >= 0.6 is 46.3 Å².